The monoisotopic (exact) mass is 276 g/mol. The van der Waals surface area contributed by atoms with Crippen molar-refractivity contribution in [2.75, 3.05) is 37.8 Å². The minimum absolute atomic E-state index is 0.111. The molecule has 2 aliphatic rings. The van der Waals surface area contributed by atoms with Crippen LogP contribution in [0.2, 0.25) is 0 Å². The lowest BCUT2D eigenvalue weighted by Crippen LogP contribution is -2.50. The highest BCUT2D eigenvalue weighted by Gasteiger charge is 2.28. The van der Waals surface area contributed by atoms with Gasteiger partial charge < -0.3 is 15.4 Å². The number of hydrogen-bond acceptors (Lipinski definition) is 5. The first-order valence-electron chi connectivity index (χ1n) is 6.76. The summed E-state index contributed by atoms with van der Waals surface area (Å²) in [5.41, 5.74) is 0.159. The number of ether oxygens (including phenoxy) is 1. The largest absolute Gasteiger partial charge is 0.381 e. The van der Waals surface area contributed by atoms with Gasteiger partial charge in [0.05, 0.1) is 11.5 Å². The van der Waals surface area contributed by atoms with Crippen molar-refractivity contribution in [2.24, 2.45) is 0 Å². The molecular formula is C12H24N2O3S. The van der Waals surface area contributed by atoms with Gasteiger partial charge in [-0.25, -0.2) is 8.42 Å². The summed E-state index contributed by atoms with van der Waals surface area (Å²) in [7, 11) is -2.81. The van der Waals surface area contributed by atoms with Gasteiger partial charge in [0.2, 0.25) is 0 Å². The fraction of sp³-hybridized carbons (Fsp3) is 1.00. The van der Waals surface area contributed by atoms with Gasteiger partial charge in [-0.2, -0.15) is 0 Å². The summed E-state index contributed by atoms with van der Waals surface area (Å²) in [4.78, 5) is 0. The maximum absolute atomic E-state index is 11.5. The van der Waals surface area contributed by atoms with E-state index in [-0.39, 0.29) is 23.1 Å². The molecule has 0 spiro atoms. The molecule has 2 rings (SSSR count). The zero-order valence-corrected chi connectivity index (χ0v) is 11.9. The third-order valence-corrected chi connectivity index (χ3v) is 5.68. The van der Waals surface area contributed by atoms with Crippen LogP contribution in [0.1, 0.15) is 26.2 Å². The summed E-state index contributed by atoms with van der Waals surface area (Å²) in [5.74, 6) is 0.570. The van der Waals surface area contributed by atoms with Crippen LogP contribution in [-0.4, -0.2) is 57.8 Å². The van der Waals surface area contributed by atoms with Gasteiger partial charge in [-0.05, 0) is 32.7 Å². The second-order valence-electron chi connectivity index (χ2n) is 5.65. The lowest BCUT2D eigenvalue weighted by molar-refractivity contribution is 0.0451. The Labute approximate surface area is 110 Å². The highest BCUT2D eigenvalue weighted by molar-refractivity contribution is 7.91. The van der Waals surface area contributed by atoms with E-state index in [1.807, 2.05) is 0 Å². The first kappa shape index (κ1) is 14.2. The molecule has 5 nitrogen and oxygen atoms in total. The smallest absolute Gasteiger partial charge is 0.153 e. The van der Waals surface area contributed by atoms with E-state index in [0.717, 1.165) is 39.0 Å². The molecule has 1 unspecified atom stereocenters. The van der Waals surface area contributed by atoms with Crippen LogP contribution in [-0.2, 0) is 14.6 Å². The van der Waals surface area contributed by atoms with Crippen molar-refractivity contribution in [3.05, 3.63) is 0 Å². The molecule has 2 heterocycles. The van der Waals surface area contributed by atoms with Crippen molar-refractivity contribution in [3.63, 3.8) is 0 Å². The highest BCUT2D eigenvalue weighted by Crippen LogP contribution is 2.19. The molecule has 6 heteroatoms. The van der Waals surface area contributed by atoms with Crippen molar-refractivity contribution in [1.82, 2.24) is 10.6 Å². The first-order valence-corrected chi connectivity index (χ1v) is 8.58. The summed E-state index contributed by atoms with van der Waals surface area (Å²) in [6.07, 6.45) is 2.93. The van der Waals surface area contributed by atoms with Crippen molar-refractivity contribution in [2.45, 2.75) is 37.8 Å². The minimum Gasteiger partial charge on any atom is -0.381 e. The van der Waals surface area contributed by atoms with Crippen LogP contribution >= 0.6 is 0 Å². The molecule has 0 saturated carbocycles. The predicted octanol–water partition coefficient (Wildman–Crippen LogP) is -0.0782. The third kappa shape index (κ3) is 4.19. The van der Waals surface area contributed by atoms with E-state index in [4.69, 9.17) is 4.74 Å². The Hall–Kier alpha value is -0.170. The van der Waals surface area contributed by atoms with E-state index < -0.39 is 9.84 Å². The lowest BCUT2D eigenvalue weighted by Gasteiger charge is -2.35. The molecule has 0 aromatic rings. The topological polar surface area (TPSA) is 67.4 Å². The standard InChI is InChI=1S/C12H24N2O3S/c1-12(3-7-17-8-4-12)14-5-2-11-10-18(15,16)9-6-13-11/h11,13-14H,2-10H2,1H3. The molecule has 18 heavy (non-hydrogen) atoms. The van der Waals surface area contributed by atoms with Gasteiger partial charge in [-0.3, -0.25) is 0 Å². The molecule has 0 aromatic carbocycles. The van der Waals surface area contributed by atoms with E-state index in [2.05, 4.69) is 17.6 Å². The summed E-state index contributed by atoms with van der Waals surface area (Å²) in [6, 6.07) is 0.111. The minimum atomic E-state index is -2.81. The number of sulfone groups is 1. The van der Waals surface area contributed by atoms with Crippen LogP contribution < -0.4 is 10.6 Å². The second kappa shape index (κ2) is 5.86. The van der Waals surface area contributed by atoms with Crippen molar-refractivity contribution >= 4 is 9.84 Å². The van der Waals surface area contributed by atoms with Gasteiger partial charge in [0.15, 0.2) is 9.84 Å². The molecule has 2 saturated heterocycles. The summed E-state index contributed by atoms with van der Waals surface area (Å²) in [5, 5.41) is 6.84. The molecule has 0 radical (unpaired) electrons. The Balaban J connectivity index is 1.71. The summed E-state index contributed by atoms with van der Waals surface area (Å²) in [6.45, 7) is 5.32. The second-order valence-corrected chi connectivity index (χ2v) is 7.88. The van der Waals surface area contributed by atoms with E-state index in [1.54, 1.807) is 0 Å². The Kier molecular flexibility index (Phi) is 4.64. The van der Waals surface area contributed by atoms with Gasteiger partial charge in [-0.1, -0.05) is 0 Å². The fourth-order valence-electron chi connectivity index (χ4n) is 2.60. The Morgan fingerprint density at radius 1 is 1.39 bits per heavy atom. The van der Waals surface area contributed by atoms with Crippen molar-refractivity contribution in [1.29, 1.82) is 0 Å². The highest BCUT2D eigenvalue weighted by atomic mass is 32.2. The molecule has 2 aliphatic heterocycles. The maximum Gasteiger partial charge on any atom is 0.153 e. The molecule has 2 N–H and O–H groups in total. The maximum atomic E-state index is 11.5. The normalized spacial score (nSPS) is 31.1. The van der Waals surface area contributed by atoms with E-state index in [9.17, 15) is 8.42 Å². The average Bonchev–Trinajstić information content (AvgIpc) is 2.28. The summed E-state index contributed by atoms with van der Waals surface area (Å²) < 4.78 is 28.4. The zero-order chi connectivity index (χ0) is 13.1. The fourth-order valence-corrected chi connectivity index (χ4v) is 4.09. The Morgan fingerprint density at radius 3 is 2.78 bits per heavy atom. The molecule has 106 valence electrons. The van der Waals surface area contributed by atoms with Crippen LogP contribution in [0.5, 0.6) is 0 Å². The molecular weight excluding hydrogens is 252 g/mol. The lowest BCUT2D eigenvalue weighted by atomic mass is 9.92. The third-order valence-electron chi connectivity index (χ3n) is 3.94. The van der Waals surface area contributed by atoms with Crippen LogP contribution in [0.3, 0.4) is 0 Å². The zero-order valence-electron chi connectivity index (χ0n) is 11.1. The molecule has 2 fully saturated rings. The molecule has 0 amide bonds. The van der Waals surface area contributed by atoms with Crippen molar-refractivity contribution in [3.8, 4) is 0 Å². The van der Waals surface area contributed by atoms with Crippen LogP contribution in [0.25, 0.3) is 0 Å². The van der Waals surface area contributed by atoms with Gasteiger partial charge in [0.25, 0.3) is 0 Å². The molecule has 0 aliphatic carbocycles. The van der Waals surface area contributed by atoms with Crippen molar-refractivity contribution < 1.29 is 13.2 Å². The molecule has 0 aromatic heterocycles. The van der Waals surface area contributed by atoms with E-state index in [1.165, 1.54) is 0 Å². The number of hydrogen-bond donors (Lipinski definition) is 2. The van der Waals surface area contributed by atoms with Gasteiger partial charge in [0.1, 0.15) is 0 Å². The quantitative estimate of drug-likeness (QED) is 0.752. The molecule has 1 atom stereocenters. The number of rotatable bonds is 4. The number of nitrogens with one attached hydrogen (secondary N) is 2. The Bertz CT molecular complexity index is 364. The van der Waals surface area contributed by atoms with Crippen LogP contribution in [0, 0.1) is 0 Å². The van der Waals surface area contributed by atoms with E-state index >= 15 is 0 Å². The van der Waals surface area contributed by atoms with Gasteiger partial charge in [0, 0.05) is 31.3 Å². The SMILES string of the molecule is CC1(NCCC2CS(=O)(=O)CCN2)CCOCC1. The van der Waals surface area contributed by atoms with Gasteiger partial charge >= 0.3 is 0 Å². The Morgan fingerprint density at radius 2 is 2.11 bits per heavy atom. The van der Waals surface area contributed by atoms with Crippen LogP contribution in [0.4, 0.5) is 0 Å². The first-order chi connectivity index (χ1) is 8.49. The van der Waals surface area contributed by atoms with Gasteiger partial charge in [-0.15, -0.1) is 0 Å². The van der Waals surface area contributed by atoms with E-state index in [0.29, 0.717) is 6.54 Å². The average molecular weight is 276 g/mol. The summed E-state index contributed by atoms with van der Waals surface area (Å²) >= 11 is 0. The molecule has 0 bridgehead atoms. The van der Waals surface area contributed by atoms with Crippen LogP contribution in [0.15, 0.2) is 0 Å². The predicted molar refractivity (Wildman–Crippen MR) is 71.5 cm³/mol.